The molecular formula is C16H23N5. The van der Waals surface area contributed by atoms with Crippen LogP contribution in [0.25, 0.3) is 0 Å². The monoisotopic (exact) mass is 285 g/mol. The Morgan fingerprint density at radius 1 is 1.43 bits per heavy atom. The third-order valence-corrected chi connectivity index (χ3v) is 4.32. The second kappa shape index (κ2) is 6.26. The zero-order chi connectivity index (χ0) is 14.7. The fourth-order valence-corrected chi connectivity index (χ4v) is 3.21. The van der Waals surface area contributed by atoms with E-state index in [1.54, 1.807) is 0 Å². The van der Waals surface area contributed by atoms with Crippen LogP contribution in [0.15, 0.2) is 24.5 Å². The topological polar surface area (TPSA) is 56.8 Å². The van der Waals surface area contributed by atoms with Gasteiger partial charge in [-0.05, 0) is 37.9 Å². The van der Waals surface area contributed by atoms with Gasteiger partial charge in [-0.25, -0.2) is 4.98 Å². The van der Waals surface area contributed by atoms with Crippen LogP contribution in [0.5, 0.6) is 0 Å². The zero-order valence-corrected chi connectivity index (χ0v) is 12.8. The molecule has 3 rings (SSSR count). The second-order valence-electron chi connectivity index (χ2n) is 5.71. The third kappa shape index (κ3) is 2.93. The normalized spacial score (nSPS) is 19.6. The van der Waals surface area contributed by atoms with Crippen molar-refractivity contribution < 1.29 is 0 Å². The molecule has 0 saturated carbocycles. The minimum Gasteiger partial charge on any atom is -0.373 e. The highest BCUT2D eigenvalue weighted by Crippen LogP contribution is 2.33. The van der Waals surface area contributed by atoms with Crippen LogP contribution in [-0.2, 0) is 6.54 Å². The van der Waals surface area contributed by atoms with Gasteiger partial charge in [-0.2, -0.15) is 5.10 Å². The molecule has 5 nitrogen and oxygen atoms in total. The van der Waals surface area contributed by atoms with Crippen molar-refractivity contribution in [2.75, 3.05) is 18.9 Å². The maximum absolute atomic E-state index is 4.41. The number of pyridine rings is 1. The van der Waals surface area contributed by atoms with Crippen LogP contribution in [0.1, 0.15) is 42.1 Å². The Labute approximate surface area is 125 Å². The average molecular weight is 285 g/mol. The van der Waals surface area contributed by atoms with Crippen LogP contribution in [0.3, 0.4) is 0 Å². The minimum absolute atomic E-state index is 0.436. The van der Waals surface area contributed by atoms with E-state index in [2.05, 4.69) is 38.4 Å². The van der Waals surface area contributed by atoms with Crippen LogP contribution < -0.4 is 5.32 Å². The molecule has 112 valence electrons. The number of aryl methyl sites for hydroxylation is 1. The Kier molecular flexibility index (Phi) is 4.20. The van der Waals surface area contributed by atoms with Gasteiger partial charge >= 0.3 is 0 Å². The molecule has 1 atom stereocenters. The van der Waals surface area contributed by atoms with Crippen molar-refractivity contribution in [3.05, 3.63) is 41.3 Å². The highest BCUT2D eigenvalue weighted by molar-refractivity contribution is 5.43. The molecule has 1 saturated heterocycles. The number of aromatic nitrogens is 3. The van der Waals surface area contributed by atoms with Crippen LogP contribution in [0.2, 0.25) is 0 Å². The van der Waals surface area contributed by atoms with E-state index in [9.17, 15) is 0 Å². The summed E-state index contributed by atoms with van der Waals surface area (Å²) in [5.74, 6) is 0.975. The summed E-state index contributed by atoms with van der Waals surface area (Å²) < 4.78 is 0. The Morgan fingerprint density at radius 3 is 3.10 bits per heavy atom. The smallest absolute Gasteiger partial charge is 0.130 e. The van der Waals surface area contributed by atoms with E-state index in [4.69, 9.17) is 0 Å². The number of aromatic amines is 1. The van der Waals surface area contributed by atoms with Gasteiger partial charge in [0.15, 0.2) is 0 Å². The van der Waals surface area contributed by atoms with E-state index >= 15 is 0 Å². The summed E-state index contributed by atoms with van der Waals surface area (Å²) in [6.45, 7) is 4.18. The molecule has 0 aliphatic carbocycles. The molecule has 0 radical (unpaired) electrons. The molecule has 0 unspecified atom stereocenters. The summed E-state index contributed by atoms with van der Waals surface area (Å²) >= 11 is 0. The molecule has 2 aromatic rings. The Balaban J connectivity index is 1.83. The molecule has 21 heavy (non-hydrogen) atoms. The van der Waals surface area contributed by atoms with Gasteiger partial charge in [-0.3, -0.25) is 10.00 Å². The van der Waals surface area contributed by atoms with E-state index < -0.39 is 0 Å². The number of nitrogens with one attached hydrogen (secondary N) is 2. The number of rotatable bonds is 4. The van der Waals surface area contributed by atoms with Gasteiger partial charge in [-0.15, -0.1) is 0 Å². The lowest BCUT2D eigenvalue weighted by Gasteiger charge is -2.35. The first-order chi connectivity index (χ1) is 10.3. The van der Waals surface area contributed by atoms with Crippen molar-refractivity contribution in [2.45, 2.75) is 38.8 Å². The summed E-state index contributed by atoms with van der Waals surface area (Å²) in [5, 5.41) is 10.6. The fraction of sp³-hybridized carbons (Fsp3) is 0.500. The lowest BCUT2D eigenvalue weighted by Crippen LogP contribution is -2.33. The van der Waals surface area contributed by atoms with Gasteiger partial charge in [0, 0.05) is 25.4 Å². The lowest BCUT2D eigenvalue weighted by atomic mass is 9.97. The molecule has 1 aliphatic heterocycles. The number of anilines is 1. The van der Waals surface area contributed by atoms with Gasteiger partial charge in [0.1, 0.15) is 5.82 Å². The van der Waals surface area contributed by atoms with E-state index in [0.717, 1.165) is 18.9 Å². The van der Waals surface area contributed by atoms with Gasteiger partial charge in [0.25, 0.3) is 0 Å². The zero-order valence-electron chi connectivity index (χ0n) is 12.8. The quantitative estimate of drug-likeness (QED) is 0.907. The average Bonchev–Trinajstić information content (AvgIpc) is 2.94. The van der Waals surface area contributed by atoms with E-state index in [0.29, 0.717) is 6.04 Å². The number of piperidine rings is 1. The number of hydrogen-bond acceptors (Lipinski definition) is 4. The van der Waals surface area contributed by atoms with Crippen LogP contribution >= 0.6 is 0 Å². The highest BCUT2D eigenvalue weighted by Gasteiger charge is 2.26. The summed E-state index contributed by atoms with van der Waals surface area (Å²) in [7, 11) is 1.93. The predicted molar refractivity (Wildman–Crippen MR) is 84.1 cm³/mol. The third-order valence-electron chi connectivity index (χ3n) is 4.32. The maximum atomic E-state index is 4.41. The fourth-order valence-electron chi connectivity index (χ4n) is 3.21. The Bertz CT molecular complexity index is 592. The molecule has 1 aliphatic rings. The first-order valence-electron chi connectivity index (χ1n) is 7.65. The van der Waals surface area contributed by atoms with Crippen LogP contribution in [0, 0.1) is 6.92 Å². The van der Waals surface area contributed by atoms with Crippen LogP contribution in [0.4, 0.5) is 5.82 Å². The Morgan fingerprint density at radius 2 is 2.33 bits per heavy atom. The molecule has 2 aromatic heterocycles. The number of H-pyrrole nitrogens is 1. The molecule has 0 aromatic carbocycles. The minimum atomic E-state index is 0.436. The summed E-state index contributed by atoms with van der Waals surface area (Å²) in [6.07, 6.45) is 7.50. The van der Waals surface area contributed by atoms with Gasteiger partial charge in [0.05, 0.1) is 17.9 Å². The van der Waals surface area contributed by atoms with Gasteiger partial charge < -0.3 is 5.32 Å². The van der Waals surface area contributed by atoms with Crippen molar-refractivity contribution in [3.63, 3.8) is 0 Å². The Hall–Kier alpha value is -1.88. The maximum Gasteiger partial charge on any atom is 0.130 e. The number of likely N-dealkylation sites (tertiary alicyclic amines) is 1. The molecular weight excluding hydrogens is 262 g/mol. The SMILES string of the molecule is CNc1ncccc1CN1CCCC[C@H]1c1[nH]ncc1C. The molecule has 0 spiro atoms. The van der Waals surface area contributed by atoms with E-state index in [1.807, 2.05) is 25.5 Å². The first-order valence-corrected chi connectivity index (χ1v) is 7.65. The molecule has 3 heterocycles. The molecule has 0 bridgehead atoms. The van der Waals surface area contributed by atoms with Crippen molar-refractivity contribution >= 4 is 5.82 Å². The second-order valence-corrected chi connectivity index (χ2v) is 5.71. The van der Waals surface area contributed by atoms with Crippen molar-refractivity contribution in [1.29, 1.82) is 0 Å². The largest absolute Gasteiger partial charge is 0.373 e. The highest BCUT2D eigenvalue weighted by atomic mass is 15.2. The number of nitrogens with zero attached hydrogens (tertiary/aromatic N) is 3. The van der Waals surface area contributed by atoms with Crippen molar-refractivity contribution in [1.82, 2.24) is 20.1 Å². The predicted octanol–water partition coefficient (Wildman–Crippen LogP) is 2.88. The standard InChI is InChI=1S/C16H23N5/c1-12-10-19-20-15(12)14-7-3-4-9-21(14)11-13-6-5-8-18-16(13)17-2/h5-6,8,10,14H,3-4,7,9,11H2,1-2H3,(H,17,18)(H,19,20)/t14-/m0/s1. The number of hydrogen-bond donors (Lipinski definition) is 2. The van der Waals surface area contributed by atoms with Crippen molar-refractivity contribution in [3.8, 4) is 0 Å². The molecule has 2 N–H and O–H groups in total. The van der Waals surface area contributed by atoms with Crippen LogP contribution in [-0.4, -0.2) is 33.7 Å². The van der Waals surface area contributed by atoms with E-state index in [1.165, 1.54) is 36.1 Å². The first kappa shape index (κ1) is 14.1. The lowest BCUT2D eigenvalue weighted by molar-refractivity contribution is 0.137. The van der Waals surface area contributed by atoms with E-state index in [-0.39, 0.29) is 0 Å². The molecule has 0 amide bonds. The summed E-state index contributed by atoms with van der Waals surface area (Å²) in [6, 6.07) is 4.60. The summed E-state index contributed by atoms with van der Waals surface area (Å²) in [5.41, 5.74) is 3.78. The summed E-state index contributed by atoms with van der Waals surface area (Å²) in [4.78, 5) is 6.95. The van der Waals surface area contributed by atoms with Gasteiger partial charge in [0.2, 0.25) is 0 Å². The molecule has 5 heteroatoms. The van der Waals surface area contributed by atoms with Gasteiger partial charge in [-0.1, -0.05) is 12.5 Å². The molecule has 1 fully saturated rings. The van der Waals surface area contributed by atoms with Crippen molar-refractivity contribution in [2.24, 2.45) is 0 Å².